The van der Waals surface area contributed by atoms with Crippen molar-refractivity contribution in [3.63, 3.8) is 0 Å². The molecular weight excluding hydrogens is 454 g/mol. The van der Waals surface area contributed by atoms with E-state index >= 15 is 0 Å². The van der Waals surface area contributed by atoms with E-state index in [1.807, 2.05) is 30.4 Å². The number of carbonyl (C=O) groups excluding carboxylic acids is 3. The summed E-state index contributed by atoms with van der Waals surface area (Å²) in [6, 6.07) is 9.87. The molecule has 0 aromatic heterocycles. The lowest BCUT2D eigenvalue weighted by Crippen LogP contribution is -2.55. The predicted octanol–water partition coefficient (Wildman–Crippen LogP) is 3.95. The van der Waals surface area contributed by atoms with Crippen LogP contribution in [0.3, 0.4) is 0 Å². The van der Waals surface area contributed by atoms with Crippen molar-refractivity contribution in [2.75, 3.05) is 0 Å². The molecule has 1 spiro atoms. The van der Waals surface area contributed by atoms with Crippen LogP contribution < -0.4 is 5.32 Å². The molecule has 1 aromatic rings. The number of Topliss-reactive ketones (excluding diaryl/α,β-unsaturated/α-hetero) is 1. The van der Waals surface area contributed by atoms with Gasteiger partial charge in [0.25, 0.3) is 0 Å². The molecule has 1 amide bonds. The fourth-order valence-electron chi connectivity index (χ4n) is 6.50. The summed E-state index contributed by atoms with van der Waals surface area (Å²) in [7, 11) is 0. The molecule has 36 heavy (non-hydrogen) atoms. The topological polar surface area (TPSA) is 92.7 Å². The number of carbonyl (C=O) groups is 3. The fourth-order valence-corrected chi connectivity index (χ4v) is 6.50. The van der Waals surface area contributed by atoms with Crippen LogP contribution in [0.15, 0.2) is 66.3 Å². The Morgan fingerprint density at radius 1 is 1.17 bits per heavy atom. The molecule has 2 N–H and O–H groups in total. The lowest BCUT2D eigenvalue weighted by molar-refractivity contribution is -0.159. The van der Waals surface area contributed by atoms with Gasteiger partial charge in [-0.05, 0) is 50.3 Å². The zero-order valence-electron chi connectivity index (χ0n) is 21.7. The third kappa shape index (κ3) is 4.47. The average Bonchev–Trinajstić information content (AvgIpc) is 3.11. The Bertz CT molecular complexity index is 1120. The van der Waals surface area contributed by atoms with Gasteiger partial charge >= 0.3 is 5.97 Å². The fraction of sp³-hybridized carbons (Fsp3) is 0.500. The van der Waals surface area contributed by atoms with Crippen molar-refractivity contribution < 1.29 is 24.2 Å². The van der Waals surface area contributed by atoms with Gasteiger partial charge in [-0.25, -0.2) is 0 Å². The van der Waals surface area contributed by atoms with Gasteiger partial charge in [0, 0.05) is 30.7 Å². The average molecular weight is 492 g/mol. The minimum absolute atomic E-state index is 0.0416. The monoisotopic (exact) mass is 491 g/mol. The molecule has 1 unspecified atom stereocenters. The largest absolute Gasteiger partial charge is 0.457 e. The SMILES string of the molecule is CC(=O)O[C@@H]1/C=C/[C@@](C)(O)C(=O)C(C)C/C=C/[C@H]2C=C(C)[C@@H](C)[C@H]3[C@H](Cc4ccccc4)NC(=O)[C@]321. The number of amides is 1. The highest BCUT2D eigenvalue weighted by Gasteiger charge is 2.65. The van der Waals surface area contributed by atoms with Crippen LogP contribution in [0.2, 0.25) is 0 Å². The van der Waals surface area contributed by atoms with Crippen molar-refractivity contribution in [1.29, 1.82) is 0 Å². The van der Waals surface area contributed by atoms with Crippen LogP contribution in [-0.2, 0) is 25.5 Å². The highest BCUT2D eigenvalue weighted by Crippen LogP contribution is 2.56. The summed E-state index contributed by atoms with van der Waals surface area (Å²) < 4.78 is 5.87. The van der Waals surface area contributed by atoms with E-state index in [1.54, 1.807) is 13.0 Å². The van der Waals surface area contributed by atoms with Crippen LogP contribution >= 0.6 is 0 Å². The van der Waals surface area contributed by atoms with Gasteiger partial charge in [-0.2, -0.15) is 0 Å². The highest BCUT2D eigenvalue weighted by molar-refractivity contribution is 5.91. The maximum absolute atomic E-state index is 14.1. The second-order valence-electron chi connectivity index (χ2n) is 10.9. The predicted molar refractivity (Wildman–Crippen MR) is 138 cm³/mol. The van der Waals surface area contributed by atoms with Gasteiger partial charge in [-0.1, -0.05) is 68.0 Å². The second kappa shape index (κ2) is 9.81. The lowest BCUT2D eigenvalue weighted by atomic mass is 9.54. The summed E-state index contributed by atoms with van der Waals surface area (Å²) in [6.45, 7) is 8.77. The Morgan fingerprint density at radius 3 is 2.53 bits per heavy atom. The maximum Gasteiger partial charge on any atom is 0.303 e. The van der Waals surface area contributed by atoms with Gasteiger partial charge in [-0.3, -0.25) is 14.4 Å². The molecule has 1 heterocycles. The first-order valence-electron chi connectivity index (χ1n) is 12.8. The number of allylic oxidation sites excluding steroid dienone is 4. The number of benzene rings is 1. The Morgan fingerprint density at radius 2 is 1.86 bits per heavy atom. The first-order valence-corrected chi connectivity index (χ1v) is 12.8. The Labute approximate surface area is 213 Å². The molecule has 3 aliphatic rings. The third-order valence-electron chi connectivity index (χ3n) is 8.38. The van der Waals surface area contributed by atoms with Crippen molar-refractivity contribution in [2.24, 2.45) is 29.1 Å². The molecule has 0 radical (unpaired) electrons. The quantitative estimate of drug-likeness (QED) is 0.494. The van der Waals surface area contributed by atoms with Crippen LogP contribution in [0.25, 0.3) is 0 Å². The summed E-state index contributed by atoms with van der Waals surface area (Å²) in [4.78, 5) is 39.4. The van der Waals surface area contributed by atoms with E-state index in [9.17, 15) is 19.5 Å². The number of hydrogen-bond donors (Lipinski definition) is 2. The minimum atomic E-state index is -1.75. The summed E-state index contributed by atoms with van der Waals surface area (Å²) in [6.07, 6.45) is 9.12. The molecule has 6 nitrogen and oxygen atoms in total. The lowest BCUT2D eigenvalue weighted by Gasteiger charge is -2.48. The van der Waals surface area contributed by atoms with Gasteiger partial charge in [0.2, 0.25) is 5.91 Å². The van der Waals surface area contributed by atoms with Gasteiger partial charge < -0.3 is 15.2 Å². The molecule has 192 valence electrons. The molecule has 2 aliphatic carbocycles. The van der Waals surface area contributed by atoms with Crippen molar-refractivity contribution >= 4 is 17.7 Å². The second-order valence-corrected chi connectivity index (χ2v) is 10.9. The third-order valence-corrected chi connectivity index (χ3v) is 8.38. The van der Waals surface area contributed by atoms with Crippen LogP contribution in [0.1, 0.15) is 46.6 Å². The van der Waals surface area contributed by atoms with Crippen LogP contribution in [0.5, 0.6) is 0 Å². The number of esters is 1. The standard InChI is InChI=1S/C30H37NO5/c1-18-10-9-13-23-16-19(2)20(3)26-24(17-22-11-7-6-8-12-22)31-28(34)30(23,26)25(36-21(4)32)14-15-29(5,35)27(18)33/h6-9,11-16,18,20,23-26,35H,10,17H2,1-5H3,(H,31,34)/b13-9+,15-14+/t18?,20-,23+,24+,25-,26+,29-,30-/m1/s1. The number of hydrogen-bond acceptors (Lipinski definition) is 5. The smallest absolute Gasteiger partial charge is 0.303 e. The number of rotatable bonds is 3. The highest BCUT2D eigenvalue weighted by atomic mass is 16.5. The molecule has 1 aliphatic heterocycles. The van der Waals surface area contributed by atoms with E-state index in [0.29, 0.717) is 12.8 Å². The maximum atomic E-state index is 14.1. The van der Waals surface area contributed by atoms with Crippen LogP contribution in [0, 0.1) is 29.1 Å². The Kier molecular flexibility index (Phi) is 7.11. The van der Waals surface area contributed by atoms with E-state index in [-0.39, 0.29) is 35.5 Å². The van der Waals surface area contributed by atoms with Gasteiger partial charge in [0.05, 0.1) is 0 Å². The van der Waals surface area contributed by atoms with E-state index in [4.69, 9.17) is 4.74 Å². The molecule has 0 bridgehead atoms. The van der Waals surface area contributed by atoms with Crippen molar-refractivity contribution in [2.45, 2.75) is 65.2 Å². The molecule has 0 saturated carbocycles. The Hall–Kier alpha value is -2.99. The molecule has 4 rings (SSSR count). The van der Waals surface area contributed by atoms with Crippen LogP contribution in [-0.4, -0.2) is 40.5 Å². The number of nitrogens with one attached hydrogen (secondary N) is 1. The molecule has 1 saturated heterocycles. The van der Waals surface area contributed by atoms with Crippen molar-refractivity contribution in [1.82, 2.24) is 5.32 Å². The van der Waals surface area contributed by atoms with E-state index in [1.165, 1.54) is 25.5 Å². The number of aliphatic hydroxyl groups is 1. The van der Waals surface area contributed by atoms with Gasteiger partial charge in [0.1, 0.15) is 17.1 Å². The molecule has 1 fully saturated rings. The Balaban J connectivity index is 1.92. The number of ketones is 1. The normalized spacial score (nSPS) is 40.1. The van der Waals surface area contributed by atoms with Crippen molar-refractivity contribution in [3.8, 4) is 0 Å². The molecular formula is C30H37NO5. The first-order chi connectivity index (χ1) is 17.0. The molecule has 8 atom stereocenters. The molecule has 1 aromatic carbocycles. The summed E-state index contributed by atoms with van der Waals surface area (Å²) in [5, 5.41) is 14.3. The van der Waals surface area contributed by atoms with Crippen LogP contribution in [0.4, 0.5) is 0 Å². The first kappa shape index (κ1) is 26.1. The zero-order chi connectivity index (χ0) is 26.3. The van der Waals surface area contributed by atoms with E-state index in [2.05, 4.69) is 37.4 Å². The summed E-state index contributed by atoms with van der Waals surface area (Å²) in [5.41, 5.74) is -0.576. The summed E-state index contributed by atoms with van der Waals surface area (Å²) in [5.74, 6) is -1.91. The number of ether oxygens (including phenoxy) is 1. The van der Waals surface area contributed by atoms with E-state index in [0.717, 1.165) is 5.56 Å². The van der Waals surface area contributed by atoms with Crippen molar-refractivity contribution in [3.05, 3.63) is 71.8 Å². The van der Waals surface area contributed by atoms with Gasteiger partial charge in [0.15, 0.2) is 5.78 Å². The van der Waals surface area contributed by atoms with Gasteiger partial charge in [-0.15, -0.1) is 0 Å². The molecule has 6 heteroatoms. The summed E-state index contributed by atoms with van der Waals surface area (Å²) >= 11 is 0. The zero-order valence-corrected chi connectivity index (χ0v) is 21.7. The van der Waals surface area contributed by atoms with E-state index < -0.39 is 29.0 Å². The minimum Gasteiger partial charge on any atom is -0.457 e.